The quantitative estimate of drug-likeness (QED) is 0.815. The molecule has 0 bridgehead atoms. The molecule has 0 saturated carbocycles. The van der Waals surface area contributed by atoms with Crippen LogP contribution in [-0.2, 0) is 9.53 Å². The standard InChI is InChI=1S/C18H17F2NO4/c1-11(15-7-6-13(19)9-16(15)20)21-17(22)10-25-18(23)12-4-3-5-14(8-12)24-2/h3-9,11H,10H2,1-2H3,(H,21,22)/t11-/m0/s1. The Morgan fingerprint density at radius 2 is 1.92 bits per heavy atom. The summed E-state index contributed by atoms with van der Waals surface area (Å²) >= 11 is 0. The minimum absolute atomic E-state index is 0.133. The fraction of sp³-hybridized carbons (Fsp3) is 0.222. The number of amides is 1. The predicted molar refractivity (Wildman–Crippen MR) is 86.2 cm³/mol. The van der Waals surface area contributed by atoms with Crippen molar-refractivity contribution in [1.29, 1.82) is 0 Å². The number of hydrogen-bond acceptors (Lipinski definition) is 4. The predicted octanol–water partition coefficient (Wildman–Crippen LogP) is 3.01. The van der Waals surface area contributed by atoms with Crippen LogP contribution in [0.1, 0.15) is 28.9 Å². The Kier molecular flexibility index (Phi) is 6.05. The number of nitrogens with one attached hydrogen (secondary N) is 1. The number of ether oxygens (including phenoxy) is 2. The van der Waals surface area contributed by atoms with Crippen molar-refractivity contribution in [3.8, 4) is 5.75 Å². The summed E-state index contributed by atoms with van der Waals surface area (Å²) in [6.07, 6.45) is 0. The van der Waals surface area contributed by atoms with Gasteiger partial charge in [-0.15, -0.1) is 0 Å². The van der Waals surface area contributed by atoms with Gasteiger partial charge in [0.1, 0.15) is 17.4 Å². The number of benzene rings is 2. The Morgan fingerprint density at radius 3 is 2.60 bits per heavy atom. The molecule has 0 aliphatic heterocycles. The van der Waals surface area contributed by atoms with Crippen molar-refractivity contribution in [3.63, 3.8) is 0 Å². The van der Waals surface area contributed by atoms with Gasteiger partial charge in [-0.3, -0.25) is 4.79 Å². The van der Waals surface area contributed by atoms with E-state index < -0.39 is 36.2 Å². The van der Waals surface area contributed by atoms with Crippen LogP contribution in [0.2, 0.25) is 0 Å². The van der Waals surface area contributed by atoms with E-state index in [1.54, 1.807) is 12.1 Å². The van der Waals surface area contributed by atoms with Crippen molar-refractivity contribution >= 4 is 11.9 Å². The number of carbonyl (C=O) groups excluding carboxylic acids is 2. The third-order valence-electron chi connectivity index (χ3n) is 3.45. The Hall–Kier alpha value is -2.96. The summed E-state index contributed by atoms with van der Waals surface area (Å²) in [4.78, 5) is 23.8. The van der Waals surface area contributed by atoms with E-state index in [0.717, 1.165) is 12.1 Å². The maximum absolute atomic E-state index is 13.7. The van der Waals surface area contributed by atoms with Crippen LogP contribution < -0.4 is 10.1 Å². The summed E-state index contributed by atoms with van der Waals surface area (Å²) in [5.74, 6) is -2.27. The van der Waals surface area contributed by atoms with Crippen LogP contribution in [-0.4, -0.2) is 25.6 Å². The largest absolute Gasteiger partial charge is 0.497 e. The van der Waals surface area contributed by atoms with Gasteiger partial charge in [-0.05, 0) is 31.2 Å². The molecule has 0 aliphatic rings. The maximum Gasteiger partial charge on any atom is 0.338 e. The van der Waals surface area contributed by atoms with Gasteiger partial charge in [-0.2, -0.15) is 0 Å². The van der Waals surface area contributed by atoms with Gasteiger partial charge in [0.15, 0.2) is 6.61 Å². The van der Waals surface area contributed by atoms with Crippen LogP contribution in [0, 0.1) is 11.6 Å². The molecule has 2 rings (SSSR count). The Balaban J connectivity index is 1.90. The first-order valence-corrected chi connectivity index (χ1v) is 7.46. The van der Waals surface area contributed by atoms with Crippen molar-refractivity contribution in [2.24, 2.45) is 0 Å². The molecule has 0 radical (unpaired) electrons. The Bertz CT molecular complexity index is 779. The first kappa shape index (κ1) is 18.4. The number of halogens is 2. The number of carbonyl (C=O) groups is 2. The van der Waals surface area contributed by atoms with E-state index in [1.807, 2.05) is 0 Å². The summed E-state index contributed by atoms with van der Waals surface area (Å²) < 4.78 is 36.5. The summed E-state index contributed by atoms with van der Waals surface area (Å²) in [6.45, 7) is 1.02. The molecule has 1 amide bonds. The van der Waals surface area contributed by atoms with Gasteiger partial charge in [0.25, 0.3) is 5.91 Å². The third kappa shape index (κ3) is 5.00. The molecule has 0 fully saturated rings. The molecule has 1 atom stereocenters. The van der Waals surface area contributed by atoms with E-state index in [2.05, 4.69) is 5.32 Å². The number of hydrogen-bond donors (Lipinski definition) is 1. The van der Waals surface area contributed by atoms with E-state index in [-0.39, 0.29) is 11.1 Å². The van der Waals surface area contributed by atoms with E-state index in [0.29, 0.717) is 5.75 Å². The second-order valence-electron chi connectivity index (χ2n) is 5.26. The highest BCUT2D eigenvalue weighted by Crippen LogP contribution is 2.17. The minimum atomic E-state index is -0.763. The lowest BCUT2D eigenvalue weighted by Crippen LogP contribution is -2.31. The average molecular weight is 349 g/mol. The summed E-state index contributed by atoms with van der Waals surface area (Å²) in [5, 5.41) is 2.48. The van der Waals surface area contributed by atoms with E-state index in [4.69, 9.17) is 9.47 Å². The molecule has 0 aliphatic carbocycles. The topological polar surface area (TPSA) is 64.6 Å². The zero-order chi connectivity index (χ0) is 18.4. The minimum Gasteiger partial charge on any atom is -0.497 e. The van der Waals surface area contributed by atoms with Crippen LogP contribution in [0.25, 0.3) is 0 Å². The second kappa shape index (κ2) is 8.23. The van der Waals surface area contributed by atoms with Crippen molar-refractivity contribution in [2.45, 2.75) is 13.0 Å². The molecule has 0 spiro atoms. The molecular formula is C18H17F2NO4. The van der Waals surface area contributed by atoms with Crippen LogP contribution in [0.15, 0.2) is 42.5 Å². The molecule has 1 N–H and O–H groups in total. The van der Waals surface area contributed by atoms with Crippen molar-refractivity contribution in [2.75, 3.05) is 13.7 Å². The fourth-order valence-corrected chi connectivity index (χ4v) is 2.18. The first-order chi connectivity index (χ1) is 11.9. The Labute approximate surface area is 143 Å². The second-order valence-corrected chi connectivity index (χ2v) is 5.26. The number of methoxy groups -OCH3 is 1. The number of esters is 1. The normalized spacial score (nSPS) is 11.5. The van der Waals surface area contributed by atoms with Crippen LogP contribution in [0.4, 0.5) is 8.78 Å². The summed E-state index contributed by atoms with van der Waals surface area (Å²) in [7, 11) is 1.47. The van der Waals surface area contributed by atoms with Gasteiger partial charge in [0.2, 0.25) is 0 Å². The van der Waals surface area contributed by atoms with Crippen LogP contribution >= 0.6 is 0 Å². The fourth-order valence-electron chi connectivity index (χ4n) is 2.18. The van der Waals surface area contributed by atoms with Gasteiger partial charge >= 0.3 is 5.97 Å². The molecule has 0 unspecified atom stereocenters. The summed E-state index contributed by atoms with van der Waals surface area (Å²) in [6, 6.07) is 8.68. The van der Waals surface area contributed by atoms with Crippen molar-refractivity contribution < 1.29 is 27.8 Å². The van der Waals surface area contributed by atoms with Crippen LogP contribution in [0.5, 0.6) is 5.75 Å². The van der Waals surface area contributed by atoms with Gasteiger partial charge in [0.05, 0.1) is 18.7 Å². The smallest absolute Gasteiger partial charge is 0.338 e. The molecule has 0 heterocycles. The third-order valence-corrected chi connectivity index (χ3v) is 3.45. The van der Waals surface area contributed by atoms with E-state index in [1.165, 1.54) is 32.2 Å². The lowest BCUT2D eigenvalue weighted by atomic mass is 10.1. The first-order valence-electron chi connectivity index (χ1n) is 7.46. The van der Waals surface area contributed by atoms with Gasteiger partial charge in [-0.1, -0.05) is 12.1 Å². The maximum atomic E-state index is 13.7. The zero-order valence-electron chi connectivity index (χ0n) is 13.7. The molecule has 2 aromatic rings. The highest BCUT2D eigenvalue weighted by Gasteiger charge is 2.16. The van der Waals surface area contributed by atoms with Gasteiger partial charge < -0.3 is 14.8 Å². The molecule has 0 aromatic heterocycles. The molecule has 5 nitrogen and oxygen atoms in total. The molecule has 0 saturated heterocycles. The molecule has 7 heteroatoms. The van der Waals surface area contributed by atoms with Gasteiger partial charge in [-0.25, -0.2) is 13.6 Å². The highest BCUT2D eigenvalue weighted by atomic mass is 19.1. The lowest BCUT2D eigenvalue weighted by Gasteiger charge is -2.15. The zero-order valence-corrected chi connectivity index (χ0v) is 13.7. The van der Waals surface area contributed by atoms with Gasteiger partial charge in [0, 0.05) is 11.6 Å². The molecule has 25 heavy (non-hydrogen) atoms. The highest BCUT2D eigenvalue weighted by molar-refractivity contribution is 5.91. The van der Waals surface area contributed by atoms with Crippen LogP contribution in [0.3, 0.4) is 0 Å². The summed E-state index contributed by atoms with van der Waals surface area (Å²) in [5.41, 5.74) is 0.374. The molecular weight excluding hydrogens is 332 g/mol. The monoisotopic (exact) mass is 349 g/mol. The van der Waals surface area contributed by atoms with Crippen molar-refractivity contribution in [3.05, 3.63) is 65.2 Å². The van der Waals surface area contributed by atoms with E-state index in [9.17, 15) is 18.4 Å². The molecule has 2 aromatic carbocycles. The Morgan fingerprint density at radius 1 is 1.16 bits per heavy atom. The SMILES string of the molecule is COc1cccc(C(=O)OCC(=O)N[C@@H](C)c2ccc(F)cc2F)c1. The lowest BCUT2D eigenvalue weighted by molar-refractivity contribution is -0.124. The molecule has 132 valence electrons. The van der Waals surface area contributed by atoms with Crippen molar-refractivity contribution in [1.82, 2.24) is 5.32 Å². The van der Waals surface area contributed by atoms with E-state index >= 15 is 0 Å². The average Bonchev–Trinajstić information content (AvgIpc) is 2.59. The number of rotatable bonds is 6.